The summed E-state index contributed by atoms with van der Waals surface area (Å²) in [4.78, 5) is 14.3. The fraction of sp³-hybridized carbons (Fsp3) is 0. The molecule has 5 nitrogen and oxygen atoms in total. The van der Waals surface area contributed by atoms with E-state index >= 15 is 0 Å². The lowest BCUT2D eigenvalue weighted by Crippen LogP contribution is -2.74. The SMILES string of the molecule is [2H]c1c([2H])c([2H])c(-c2nc(-c3c([2H])c([Si](c4ccccc4)(c4ccccc4)c4ccccc4)c([2H])c([2H])c3-n3c4c([2H])c([2H])c([2H])c([2H])c4c4c([2H])c([2H])c([2H])c([2H])c43)nc(-n3c4c([2H])c([2H])c([2H])c([2H])c4c4c([2H])c([2H])c([2H])c([2H])c43)n2)c([2H])c1[2H]. The summed E-state index contributed by atoms with van der Waals surface area (Å²) in [6, 6.07) is 6.49. The summed E-state index contributed by atoms with van der Waals surface area (Å²) >= 11 is 0. The van der Waals surface area contributed by atoms with E-state index < -0.39 is 231 Å². The van der Waals surface area contributed by atoms with Crippen molar-refractivity contribution in [1.29, 1.82) is 0 Å². The van der Waals surface area contributed by atoms with Gasteiger partial charge in [-0.15, -0.1) is 0 Å². The monoisotopic (exact) mass is 845 g/mol. The van der Waals surface area contributed by atoms with Crippen LogP contribution in [0, 0.1) is 0 Å². The summed E-state index contributed by atoms with van der Waals surface area (Å²) in [5, 5.41) is -0.368. The molecule has 3 aromatic heterocycles. The van der Waals surface area contributed by atoms with Gasteiger partial charge < -0.3 is 4.57 Å². The molecule has 9 aromatic carbocycles. The molecule has 0 saturated heterocycles. The molecule has 63 heavy (non-hydrogen) atoms. The van der Waals surface area contributed by atoms with Crippen LogP contribution in [-0.4, -0.2) is 32.2 Å². The van der Waals surface area contributed by atoms with Gasteiger partial charge in [-0.25, -0.2) is 4.98 Å². The second kappa shape index (κ2) is 15.1. The van der Waals surface area contributed by atoms with E-state index in [2.05, 4.69) is 4.98 Å². The van der Waals surface area contributed by atoms with Gasteiger partial charge in [-0.3, -0.25) is 4.57 Å². The van der Waals surface area contributed by atoms with Crippen LogP contribution in [0.15, 0.2) is 236 Å². The van der Waals surface area contributed by atoms with E-state index in [-0.39, 0.29) is 5.19 Å². The number of aromatic nitrogens is 5. The molecule has 0 amide bonds. The Morgan fingerprint density at radius 2 is 0.778 bits per heavy atom. The fourth-order valence-electron chi connectivity index (χ4n) is 8.23. The topological polar surface area (TPSA) is 48.5 Å². The average Bonchev–Trinajstić information content (AvgIpc) is 1.68. The van der Waals surface area contributed by atoms with Crippen molar-refractivity contribution >= 4 is 72.4 Å². The molecule has 12 aromatic rings. The van der Waals surface area contributed by atoms with Crippen LogP contribution in [0.1, 0.15) is 32.9 Å². The Hall–Kier alpha value is -8.19. The van der Waals surface area contributed by atoms with Gasteiger partial charge in [-0.2, -0.15) is 9.97 Å². The Morgan fingerprint density at radius 1 is 0.365 bits per heavy atom. The van der Waals surface area contributed by atoms with Crippen molar-refractivity contribution in [3.05, 3.63) is 236 Å². The van der Waals surface area contributed by atoms with Crippen molar-refractivity contribution in [2.45, 2.75) is 0 Å². The average molecular weight is 846 g/mol. The first kappa shape index (κ1) is 19.7. The molecule has 296 valence electrons. The minimum absolute atomic E-state index is 0.161. The van der Waals surface area contributed by atoms with Gasteiger partial charge in [0.15, 0.2) is 19.7 Å². The molecule has 3 heterocycles. The first-order chi connectivity index (χ1) is 41.2. The molecule has 0 unspecified atom stereocenters. The molecule has 0 N–H and O–H groups in total. The zero-order valence-corrected chi connectivity index (χ0v) is 33.4. The van der Waals surface area contributed by atoms with Gasteiger partial charge in [-0.1, -0.05) is 200 Å². The third-order valence-corrected chi connectivity index (χ3v) is 15.4. The summed E-state index contributed by atoms with van der Waals surface area (Å²) in [6.07, 6.45) is 0. The van der Waals surface area contributed by atoms with E-state index in [0.717, 1.165) is 9.13 Å². The minimum Gasteiger partial charge on any atom is -0.309 e. The van der Waals surface area contributed by atoms with Crippen molar-refractivity contribution in [3.8, 4) is 34.4 Å². The summed E-state index contributed by atoms with van der Waals surface area (Å²) in [5.74, 6) is -2.50. The maximum absolute atomic E-state index is 11.1. The molecule has 0 aliphatic heterocycles. The van der Waals surface area contributed by atoms with Gasteiger partial charge >= 0.3 is 0 Å². The molecule has 0 aliphatic rings. The Kier molecular flexibility index (Phi) is 4.70. The highest BCUT2D eigenvalue weighted by atomic mass is 28.3. The summed E-state index contributed by atoms with van der Waals surface area (Å²) < 4.78 is 224. The zero-order valence-electron chi connectivity index (χ0n) is 56.4. The summed E-state index contributed by atoms with van der Waals surface area (Å²) in [5.41, 5.74) is -4.40. The minimum atomic E-state index is -4.30. The van der Waals surface area contributed by atoms with Crippen molar-refractivity contribution in [2.75, 3.05) is 0 Å². The lowest BCUT2D eigenvalue weighted by molar-refractivity contribution is 0.952. The second-order valence-corrected chi connectivity index (χ2v) is 17.9. The van der Waals surface area contributed by atoms with Gasteiger partial charge in [0.05, 0.1) is 60.7 Å². The Balaban J connectivity index is 1.42. The van der Waals surface area contributed by atoms with Crippen LogP contribution < -0.4 is 20.7 Å². The molecule has 0 spiro atoms. The van der Waals surface area contributed by atoms with Crippen molar-refractivity contribution in [3.63, 3.8) is 0 Å². The Bertz CT molecular complexity index is 4760. The number of para-hydroxylation sites is 4. The fourth-order valence-corrected chi connectivity index (χ4v) is 12.7. The van der Waals surface area contributed by atoms with E-state index in [1.165, 1.54) is 0 Å². The van der Waals surface area contributed by atoms with Crippen molar-refractivity contribution in [1.82, 2.24) is 24.1 Å². The van der Waals surface area contributed by atoms with Crippen LogP contribution in [-0.2, 0) is 0 Å². The van der Waals surface area contributed by atoms with Crippen LogP contribution in [0.2, 0.25) is 0 Å². The van der Waals surface area contributed by atoms with Crippen LogP contribution in [0.25, 0.3) is 78.0 Å². The molecule has 0 aliphatic carbocycles. The predicted octanol–water partition coefficient (Wildman–Crippen LogP) is 10.8. The first-order valence-corrected chi connectivity index (χ1v) is 21.4. The lowest BCUT2D eigenvalue weighted by atomic mass is 10.1. The lowest BCUT2D eigenvalue weighted by Gasteiger charge is -2.35. The Labute approximate surface area is 399 Å². The number of hydrogen-bond donors (Lipinski definition) is 0. The van der Waals surface area contributed by atoms with Crippen LogP contribution in [0.5, 0.6) is 0 Å². The molecular weight excluding hydrogens is 783 g/mol. The van der Waals surface area contributed by atoms with Crippen molar-refractivity contribution < 1.29 is 32.9 Å². The van der Waals surface area contributed by atoms with Crippen LogP contribution in [0.4, 0.5) is 0 Å². The highest BCUT2D eigenvalue weighted by molar-refractivity contribution is 7.19. The third kappa shape index (κ3) is 5.87. The van der Waals surface area contributed by atoms with Gasteiger partial charge in [0, 0.05) is 32.7 Å². The third-order valence-electron chi connectivity index (χ3n) is 10.8. The maximum atomic E-state index is 11.1. The molecule has 0 radical (unpaired) electrons. The highest BCUT2D eigenvalue weighted by Gasteiger charge is 2.42. The Morgan fingerprint density at radius 3 is 1.25 bits per heavy atom. The molecule has 0 atom stereocenters. The summed E-state index contributed by atoms with van der Waals surface area (Å²) in [6.45, 7) is 0. The normalized spacial score (nSPS) is 17.1. The molecule has 0 fully saturated rings. The first-order valence-electron chi connectivity index (χ1n) is 31.4. The van der Waals surface area contributed by atoms with E-state index in [4.69, 9.17) is 25.0 Å². The van der Waals surface area contributed by atoms with Gasteiger partial charge in [0.2, 0.25) is 5.95 Å². The summed E-state index contributed by atoms with van der Waals surface area (Å²) in [7, 11) is -4.30. The van der Waals surface area contributed by atoms with Crippen LogP contribution in [0.3, 0.4) is 0 Å². The number of fused-ring (bicyclic) bond motifs is 6. The smallest absolute Gasteiger partial charge is 0.238 e. The molecular formula is C57H39N5Si. The molecule has 0 bridgehead atoms. The quantitative estimate of drug-likeness (QED) is 0.113. The standard InChI is InChI=1S/C57H39N5Si/c1-5-21-40(22-6-1)55-58-56(60-57(59-55)62-52-35-19-15-31-47(52)48-32-16-20-36-53(48)62)49-39-44(37-38-54(49)61-50-33-17-13-29-45(50)46-30-14-18-34-51(46)61)63(41-23-7-2-8-24-41,42-25-9-3-10-26-42)43-27-11-4-12-28-43/h1-39H/i1D,5D,6D,13D,14D,15D,16D,17D,18D,19D,20D,21D,22D,29D,30D,31D,32D,33D,34D,35D,36D,37D,38D,39D. The number of nitrogens with zero attached hydrogens (tertiary/aromatic N) is 5. The van der Waals surface area contributed by atoms with Gasteiger partial charge in [0.1, 0.15) is 0 Å². The number of rotatable bonds is 8. The largest absolute Gasteiger partial charge is 0.309 e. The highest BCUT2D eigenvalue weighted by Crippen LogP contribution is 2.37. The van der Waals surface area contributed by atoms with Crippen LogP contribution >= 0.6 is 0 Å². The van der Waals surface area contributed by atoms with E-state index in [9.17, 15) is 17.8 Å². The van der Waals surface area contributed by atoms with Crippen molar-refractivity contribution in [2.24, 2.45) is 0 Å². The molecule has 6 heteroatoms. The van der Waals surface area contributed by atoms with E-state index in [1.54, 1.807) is 91.0 Å². The zero-order chi connectivity index (χ0) is 62.6. The maximum Gasteiger partial charge on any atom is 0.238 e. The van der Waals surface area contributed by atoms with Gasteiger partial charge in [-0.05, 0) is 57.0 Å². The van der Waals surface area contributed by atoms with E-state index in [1.807, 2.05) is 0 Å². The second-order valence-electron chi connectivity index (χ2n) is 14.2. The predicted molar refractivity (Wildman–Crippen MR) is 263 cm³/mol. The van der Waals surface area contributed by atoms with E-state index in [0.29, 0.717) is 15.6 Å². The number of hydrogen-bond acceptors (Lipinski definition) is 3. The van der Waals surface area contributed by atoms with Gasteiger partial charge in [0.25, 0.3) is 0 Å². The number of benzene rings is 9. The molecule has 12 rings (SSSR count). The molecule has 0 saturated carbocycles.